The Kier molecular flexibility index (Phi) is 8.19. The number of ether oxygens (including phenoxy) is 2. The van der Waals surface area contributed by atoms with E-state index in [1.54, 1.807) is 24.3 Å². The minimum atomic E-state index is -0.701. The minimum absolute atomic E-state index is 0.112. The molecule has 0 saturated carbocycles. The average Bonchev–Trinajstić information content (AvgIpc) is 2.52. The smallest absolute Gasteiger partial charge is 0.333 e. The number of rotatable bonds is 8. The molecule has 23 heavy (non-hydrogen) atoms. The Morgan fingerprint density at radius 3 is 2.57 bits per heavy atom. The van der Waals surface area contributed by atoms with E-state index in [2.05, 4.69) is 38.4 Å². The highest BCUT2D eigenvalue weighted by Crippen LogP contribution is 2.25. The van der Waals surface area contributed by atoms with Gasteiger partial charge in [0.15, 0.2) is 0 Å². The third kappa shape index (κ3) is 6.66. The first-order valence-electron chi connectivity index (χ1n) is 6.73. The third-order valence-electron chi connectivity index (χ3n) is 2.78. The highest BCUT2D eigenvalue weighted by atomic mass is 79.9. The molecule has 1 aromatic carbocycles. The molecule has 0 N–H and O–H groups in total. The molecular weight excluding hydrogens is 432 g/mol. The molecule has 124 valence electrons. The summed E-state index contributed by atoms with van der Waals surface area (Å²) in [5.74, 6) is -1.33. The highest BCUT2D eigenvalue weighted by molar-refractivity contribution is 9.10. The summed E-state index contributed by atoms with van der Waals surface area (Å²) in [7, 11) is 0. The maximum atomic E-state index is 12.0. The van der Waals surface area contributed by atoms with E-state index in [0.717, 1.165) is 0 Å². The second kappa shape index (κ2) is 9.62. The fourth-order valence-corrected chi connectivity index (χ4v) is 2.47. The molecule has 0 bridgehead atoms. The zero-order valence-corrected chi connectivity index (χ0v) is 15.6. The maximum absolute atomic E-state index is 12.0. The normalized spacial score (nSPS) is 12.8. The Hall–Kier alpha value is -1.47. The summed E-state index contributed by atoms with van der Waals surface area (Å²) in [5, 5.41) is 0. The van der Waals surface area contributed by atoms with E-state index >= 15 is 0 Å². The molecule has 1 rings (SSSR count). The van der Waals surface area contributed by atoms with Crippen molar-refractivity contribution in [3.05, 3.63) is 40.9 Å². The van der Waals surface area contributed by atoms with Gasteiger partial charge >= 0.3 is 11.9 Å². The van der Waals surface area contributed by atoms with Crippen LogP contribution in [0.5, 0.6) is 5.75 Å². The van der Waals surface area contributed by atoms with Crippen molar-refractivity contribution < 1.29 is 23.9 Å². The van der Waals surface area contributed by atoms with Gasteiger partial charge < -0.3 is 14.3 Å². The van der Waals surface area contributed by atoms with Gasteiger partial charge in [-0.1, -0.05) is 34.6 Å². The van der Waals surface area contributed by atoms with E-state index in [4.69, 9.17) is 9.47 Å². The van der Waals surface area contributed by atoms with Crippen molar-refractivity contribution in [1.82, 2.24) is 0 Å². The topological polar surface area (TPSA) is 69.7 Å². The molecule has 0 aromatic heterocycles. The largest absolute Gasteiger partial charge is 0.462 e. The van der Waals surface area contributed by atoms with E-state index in [9.17, 15) is 14.4 Å². The zero-order chi connectivity index (χ0) is 17.4. The van der Waals surface area contributed by atoms with Crippen LogP contribution in [0.2, 0.25) is 0 Å². The predicted octanol–water partition coefficient (Wildman–Crippen LogP) is 3.44. The summed E-state index contributed by atoms with van der Waals surface area (Å²) in [6.07, 6.45) is 0.794. The first-order valence-corrected chi connectivity index (χ1v) is 8.44. The molecule has 0 saturated heterocycles. The van der Waals surface area contributed by atoms with Crippen LogP contribution in [-0.2, 0) is 19.1 Å². The number of para-hydroxylation sites is 1. The van der Waals surface area contributed by atoms with Crippen LogP contribution in [0, 0.1) is 5.92 Å². The van der Waals surface area contributed by atoms with E-state index in [0.29, 0.717) is 16.5 Å². The van der Waals surface area contributed by atoms with Gasteiger partial charge in [0.2, 0.25) is 0 Å². The van der Waals surface area contributed by atoms with Crippen LogP contribution in [0.25, 0.3) is 0 Å². The van der Waals surface area contributed by atoms with Crippen molar-refractivity contribution in [1.29, 1.82) is 0 Å². The van der Waals surface area contributed by atoms with Gasteiger partial charge in [0.1, 0.15) is 23.5 Å². The Morgan fingerprint density at radius 2 is 2.00 bits per heavy atom. The van der Waals surface area contributed by atoms with Gasteiger partial charge in [0, 0.05) is 5.57 Å². The van der Waals surface area contributed by atoms with Crippen LogP contribution in [0.4, 0.5) is 0 Å². The van der Waals surface area contributed by atoms with Crippen molar-refractivity contribution in [2.24, 2.45) is 5.92 Å². The molecule has 0 aliphatic carbocycles. The lowest BCUT2D eigenvalue weighted by atomic mass is 10.1. The number of alkyl halides is 1. The summed E-state index contributed by atoms with van der Waals surface area (Å²) < 4.78 is 10.8. The standard InChI is InChI=1S/C16H16Br2O5/c1-10(2)15(20)22-9-11(8-19)7-13(18)16(21)23-14-6-4-3-5-12(14)17/h3-6,8,11,13H,1,7,9H2,2H3. The second-order valence-corrected chi connectivity index (χ2v) is 6.79. The summed E-state index contributed by atoms with van der Waals surface area (Å²) >= 11 is 6.47. The van der Waals surface area contributed by atoms with Crippen LogP contribution >= 0.6 is 31.9 Å². The molecular formula is C16H16Br2O5. The summed E-state index contributed by atoms with van der Waals surface area (Å²) in [4.78, 5) is 33.7. The lowest BCUT2D eigenvalue weighted by molar-refractivity contribution is -0.140. The first kappa shape index (κ1) is 19.6. The molecule has 0 fully saturated rings. The SMILES string of the molecule is C=C(C)C(=O)OCC(C=O)CC(Br)C(=O)Oc1ccccc1Br. The molecule has 0 spiro atoms. The van der Waals surface area contributed by atoms with Crippen LogP contribution in [0.3, 0.4) is 0 Å². The van der Waals surface area contributed by atoms with Crippen molar-refractivity contribution in [3.63, 3.8) is 0 Å². The van der Waals surface area contributed by atoms with E-state index in [1.807, 2.05) is 0 Å². The molecule has 2 unspecified atom stereocenters. The van der Waals surface area contributed by atoms with E-state index < -0.39 is 22.7 Å². The fraction of sp³-hybridized carbons (Fsp3) is 0.312. The lowest BCUT2D eigenvalue weighted by Crippen LogP contribution is -2.26. The number of halogens is 2. The molecule has 1 aromatic rings. The summed E-state index contributed by atoms with van der Waals surface area (Å²) in [6.45, 7) is 4.86. The van der Waals surface area contributed by atoms with Crippen molar-refractivity contribution >= 4 is 50.1 Å². The Labute approximate surface area is 151 Å². The number of hydrogen-bond donors (Lipinski definition) is 0. The summed E-state index contributed by atoms with van der Waals surface area (Å²) in [6, 6.07) is 6.93. The van der Waals surface area contributed by atoms with Gasteiger partial charge in [-0.15, -0.1) is 0 Å². The van der Waals surface area contributed by atoms with Crippen LogP contribution in [0.15, 0.2) is 40.9 Å². The highest BCUT2D eigenvalue weighted by Gasteiger charge is 2.23. The monoisotopic (exact) mass is 446 g/mol. The number of esters is 2. The average molecular weight is 448 g/mol. The Bertz CT molecular complexity index is 600. The molecule has 0 amide bonds. The molecule has 0 radical (unpaired) electrons. The fourth-order valence-electron chi connectivity index (χ4n) is 1.53. The number of hydrogen-bond acceptors (Lipinski definition) is 5. The van der Waals surface area contributed by atoms with Crippen molar-refractivity contribution in [2.75, 3.05) is 6.61 Å². The molecule has 7 heteroatoms. The van der Waals surface area contributed by atoms with Gasteiger partial charge in [0.05, 0.1) is 10.4 Å². The lowest BCUT2D eigenvalue weighted by Gasteiger charge is -2.15. The van der Waals surface area contributed by atoms with Crippen molar-refractivity contribution in [2.45, 2.75) is 18.2 Å². The molecule has 0 heterocycles. The second-order valence-electron chi connectivity index (χ2n) is 4.83. The maximum Gasteiger partial charge on any atom is 0.333 e. The molecule has 5 nitrogen and oxygen atoms in total. The van der Waals surface area contributed by atoms with Gasteiger partial charge in [-0.2, -0.15) is 0 Å². The minimum Gasteiger partial charge on any atom is -0.462 e. The van der Waals surface area contributed by atoms with Gasteiger partial charge in [-0.3, -0.25) is 4.79 Å². The van der Waals surface area contributed by atoms with E-state index in [-0.39, 0.29) is 18.6 Å². The van der Waals surface area contributed by atoms with Crippen LogP contribution in [-0.4, -0.2) is 29.7 Å². The Morgan fingerprint density at radius 1 is 1.35 bits per heavy atom. The third-order valence-corrected chi connectivity index (χ3v) is 4.18. The zero-order valence-electron chi connectivity index (χ0n) is 12.5. The van der Waals surface area contributed by atoms with Gasteiger partial charge in [-0.25, -0.2) is 4.79 Å². The molecule has 2 atom stereocenters. The van der Waals surface area contributed by atoms with Crippen molar-refractivity contribution in [3.8, 4) is 5.75 Å². The van der Waals surface area contributed by atoms with Crippen LogP contribution in [0.1, 0.15) is 13.3 Å². The quantitative estimate of drug-likeness (QED) is 0.201. The van der Waals surface area contributed by atoms with Gasteiger partial charge in [-0.05, 0) is 41.4 Å². The molecule has 0 aliphatic heterocycles. The number of aldehydes is 1. The number of carbonyl (C=O) groups excluding carboxylic acids is 3. The number of benzene rings is 1. The van der Waals surface area contributed by atoms with Crippen LogP contribution < -0.4 is 4.74 Å². The predicted molar refractivity (Wildman–Crippen MR) is 92.4 cm³/mol. The first-order chi connectivity index (χ1) is 10.8. The summed E-state index contributed by atoms with van der Waals surface area (Å²) in [5.41, 5.74) is 0.248. The molecule has 0 aliphatic rings. The Balaban J connectivity index is 2.55. The van der Waals surface area contributed by atoms with Gasteiger partial charge in [0.25, 0.3) is 0 Å². The number of carbonyl (C=O) groups is 3. The van der Waals surface area contributed by atoms with E-state index in [1.165, 1.54) is 6.92 Å².